The lowest BCUT2D eigenvalue weighted by molar-refractivity contribution is -0.276. The Morgan fingerprint density at radius 3 is 2.54 bits per heavy atom. The van der Waals surface area contributed by atoms with Gasteiger partial charge in [0.1, 0.15) is 36.4 Å². The maximum atomic E-state index is 13.2. The molecule has 2 bridgehead atoms. The number of aromatic amines is 1. The van der Waals surface area contributed by atoms with Gasteiger partial charge in [-0.15, -0.1) is 0 Å². The van der Waals surface area contributed by atoms with E-state index in [1.807, 2.05) is 0 Å². The molecule has 2 unspecified atom stereocenters. The number of fused-ring (bicyclic) bond motifs is 2. The van der Waals surface area contributed by atoms with Crippen molar-refractivity contribution in [3.8, 4) is 5.88 Å². The van der Waals surface area contributed by atoms with Crippen molar-refractivity contribution in [3.63, 3.8) is 0 Å². The van der Waals surface area contributed by atoms with Crippen LogP contribution in [0.3, 0.4) is 0 Å². The van der Waals surface area contributed by atoms with Crippen molar-refractivity contribution in [2.45, 2.75) is 69.7 Å². The molecule has 2 aliphatic heterocycles. The second-order valence-corrected chi connectivity index (χ2v) is 11.9. The minimum atomic E-state index is -5.02. The number of phosphoric ester groups is 1. The fourth-order valence-corrected chi connectivity index (χ4v) is 7.22. The monoisotopic (exact) mass is 601 g/mol. The highest BCUT2D eigenvalue weighted by molar-refractivity contribution is 7.47. The average Bonchev–Trinajstić information content (AvgIpc) is 3.49. The first kappa shape index (κ1) is 29.8. The third kappa shape index (κ3) is 4.90. The minimum absolute atomic E-state index is 0.157. The lowest BCUT2D eigenvalue weighted by Crippen LogP contribution is -2.53. The first-order chi connectivity index (χ1) is 19.2. The maximum absolute atomic E-state index is 13.2. The van der Waals surface area contributed by atoms with Crippen LogP contribution in [0.2, 0.25) is 0 Å². The first-order valence-electron chi connectivity index (χ1n) is 12.7. The molecule has 18 heteroatoms. The Hall–Kier alpha value is -2.73. The normalized spacial score (nSPS) is 36.1. The SMILES string of the molecule is Cc1cn([C@H]2C[C@H](OP(=O)(O)O[C@@H]3[C@@H](C)C4[C@H](n5cc(C)c(=O)[nH]c5=O)O[C@]3(CO)[C@H]4O)[C@@H](CO)O2)c(=O)nc1[O-]. The van der Waals surface area contributed by atoms with Crippen LogP contribution in [-0.2, 0) is 23.1 Å². The van der Waals surface area contributed by atoms with Gasteiger partial charge in [0, 0.05) is 30.3 Å². The van der Waals surface area contributed by atoms with Crippen molar-refractivity contribution in [2.75, 3.05) is 13.2 Å². The van der Waals surface area contributed by atoms with Crippen molar-refractivity contribution in [2.24, 2.45) is 11.8 Å². The average molecular weight is 601 g/mol. The van der Waals surface area contributed by atoms with Gasteiger partial charge in [-0.25, -0.2) is 19.1 Å². The van der Waals surface area contributed by atoms with Gasteiger partial charge >= 0.3 is 19.2 Å². The van der Waals surface area contributed by atoms with E-state index in [9.17, 15) is 44.3 Å². The summed E-state index contributed by atoms with van der Waals surface area (Å²) in [6.45, 7) is 2.98. The van der Waals surface area contributed by atoms with E-state index in [2.05, 4.69) is 9.97 Å². The summed E-state index contributed by atoms with van der Waals surface area (Å²) < 4.78 is 37.6. The predicted octanol–water partition coefficient (Wildman–Crippen LogP) is -2.48. The van der Waals surface area contributed by atoms with Crippen LogP contribution in [0.5, 0.6) is 5.88 Å². The fourth-order valence-electron chi connectivity index (χ4n) is 5.95. The van der Waals surface area contributed by atoms with Crippen LogP contribution in [0.1, 0.15) is 36.9 Å². The van der Waals surface area contributed by atoms with Gasteiger partial charge in [0.25, 0.3) is 5.56 Å². The number of aliphatic hydroxyl groups is 3. The number of aryl methyl sites for hydroxylation is 2. The van der Waals surface area contributed by atoms with Gasteiger partial charge in [-0.3, -0.25) is 28.0 Å². The standard InChI is InChI=1S/C23H31N4O13P/c1-9-5-26(21(33)24-18(9)31)14-4-12(13(7-28)37-14)39-41(35,36)40-17-11(3)15-16(30)23(17,8-29)38-20(15)27-6-10(2)19(32)25-22(27)34/h5-6,11-17,20,28-30H,4,7-8H2,1-3H3,(H,35,36)(H,24,31,33)(H,25,32,34)/p-1/t11-,12-,13+,14+,15?,16-,17+,20+,23+/m0/s1. The molecule has 2 aromatic rings. The zero-order valence-electron chi connectivity index (χ0n) is 22.1. The van der Waals surface area contributed by atoms with Gasteiger partial charge in [0.2, 0.25) is 0 Å². The van der Waals surface area contributed by atoms with E-state index in [1.165, 1.54) is 26.2 Å². The molecule has 2 saturated heterocycles. The van der Waals surface area contributed by atoms with Crippen LogP contribution in [0.15, 0.2) is 26.8 Å². The number of rotatable bonds is 8. The number of hydrogen-bond donors (Lipinski definition) is 5. The van der Waals surface area contributed by atoms with Crippen LogP contribution in [0.4, 0.5) is 0 Å². The maximum Gasteiger partial charge on any atom is 0.472 e. The number of ether oxygens (including phenoxy) is 2. The molecule has 0 aromatic carbocycles. The van der Waals surface area contributed by atoms with Crippen LogP contribution >= 0.6 is 7.82 Å². The summed E-state index contributed by atoms with van der Waals surface area (Å²) in [5.41, 5.74) is -3.89. The molecule has 3 aliphatic rings. The van der Waals surface area contributed by atoms with E-state index in [0.717, 1.165) is 9.13 Å². The van der Waals surface area contributed by atoms with Crippen molar-refractivity contribution >= 4 is 7.82 Å². The molecule has 1 aliphatic carbocycles. The molecule has 1 saturated carbocycles. The lowest BCUT2D eigenvalue weighted by Gasteiger charge is -2.40. The largest absolute Gasteiger partial charge is 0.858 e. The molecule has 2 aromatic heterocycles. The molecule has 3 fully saturated rings. The van der Waals surface area contributed by atoms with Crippen molar-refractivity contribution in [3.05, 3.63) is 54.8 Å². The summed E-state index contributed by atoms with van der Waals surface area (Å²) in [6.07, 6.45) is -5.15. The molecule has 17 nitrogen and oxygen atoms in total. The van der Waals surface area contributed by atoms with E-state index in [-0.39, 0.29) is 17.5 Å². The minimum Gasteiger partial charge on any atom is -0.858 e. The van der Waals surface area contributed by atoms with Crippen LogP contribution in [0.25, 0.3) is 0 Å². The van der Waals surface area contributed by atoms with E-state index in [1.54, 1.807) is 6.92 Å². The second-order valence-electron chi connectivity index (χ2n) is 10.6. The summed E-state index contributed by atoms with van der Waals surface area (Å²) in [5.74, 6) is -2.38. The van der Waals surface area contributed by atoms with E-state index in [0.29, 0.717) is 0 Å². The Labute approximate surface area is 231 Å². The Bertz CT molecular complexity index is 1560. The van der Waals surface area contributed by atoms with Gasteiger partial charge in [-0.05, 0) is 31.2 Å². The van der Waals surface area contributed by atoms with Crippen LogP contribution < -0.4 is 22.0 Å². The molecular weight excluding hydrogens is 571 g/mol. The molecular formula is C23H30N4O13P-. The Morgan fingerprint density at radius 1 is 1.20 bits per heavy atom. The Balaban J connectivity index is 1.36. The zero-order valence-corrected chi connectivity index (χ0v) is 23.0. The highest BCUT2D eigenvalue weighted by Gasteiger charge is 2.70. The lowest BCUT2D eigenvalue weighted by atomic mass is 9.92. The molecule has 41 heavy (non-hydrogen) atoms. The predicted molar refractivity (Wildman–Crippen MR) is 133 cm³/mol. The number of phosphoric acid groups is 1. The number of hydrogen-bond acceptors (Lipinski definition) is 13. The van der Waals surface area contributed by atoms with E-state index >= 15 is 0 Å². The highest BCUT2D eigenvalue weighted by atomic mass is 31.2. The Morgan fingerprint density at radius 2 is 1.88 bits per heavy atom. The molecule has 0 spiro atoms. The summed E-state index contributed by atoms with van der Waals surface area (Å²) in [4.78, 5) is 52.8. The van der Waals surface area contributed by atoms with E-state index < -0.39 is 98.2 Å². The number of nitrogens with zero attached hydrogens (tertiary/aromatic N) is 3. The number of H-pyrrole nitrogens is 1. The first-order valence-corrected chi connectivity index (χ1v) is 14.2. The van der Waals surface area contributed by atoms with Crippen molar-refractivity contribution in [1.29, 1.82) is 0 Å². The summed E-state index contributed by atoms with van der Waals surface area (Å²) in [5, 5.41) is 42.8. The molecule has 0 radical (unpaired) electrons. The molecule has 226 valence electrons. The third-order valence-corrected chi connectivity index (χ3v) is 9.07. The second kappa shape index (κ2) is 10.5. The van der Waals surface area contributed by atoms with Gasteiger partial charge < -0.3 is 34.8 Å². The van der Waals surface area contributed by atoms with E-state index in [4.69, 9.17) is 18.5 Å². The zero-order chi connectivity index (χ0) is 30.0. The number of nitrogens with one attached hydrogen (secondary N) is 1. The molecule has 0 amide bonds. The fraction of sp³-hybridized carbons (Fsp3) is 0.652. The van der Waals surface area contributed by atoms with Crippen LogP contribution in [-0.4, -0.2) is 82.5 Å². The molecule has 10 atom stereocenters. The van der Waals surface area contributed by atoms with Crippen molar-refractivity contribution in [1.82, 2.24) is 19.1 Å². The highest BCUT2D eigenvalue weighted by Crippen LogP contribution is 2.61. The van der Waals surface area contributed by atoms with Gasteiger partial charge in [-0.2, -0.15) is 0 Å². The summed E-state index contributed by atoms with van der Waals surface area (Å²) >= 11 is 0. The Kier molecular flexibility index (Phi) is 7.63. The van der Waals surface area contributed by atoms with Gasteiger partial charge in [-0.1, -0.05) is 6.92 Å². The smallest absolute Gasteiger partial charge is 0.472 e. The van der Waals surface area contributed by atoms with Crippen molar-refractivity contribution < 1.29 is 48.4 Å². The quantitative estimate of drug-likeness (QED) is 0.197. The topological polar surface area (TPSA) is 248 Å². The summed E-state index contributed by atoms with van der Waals surface area (Å²) in [6, 6.07) is 0. The number of aliphatic hydroxyl groups excluding tert-OH is 3. The van der Waals surface area contributed by atoms with Gasteiger partial charge in [0.05, 0.1) is 19.3 Å². The number of aromatic nitrogens is 4. The summed E-state index contributed by atoms with van der Waals surface area (Å²) in [7, 11) is -5.02. The molecule has 5 rings (SSSR count). The van der Waals surface area contributed by atoms with Crippen LogP contribution in [0, 0.1) is 25.7 Å². The molecule has 5 N–H and O–H groups in total. The molecule has 4 heterocycles. The van der Waals surface area contributed by atoms with Gasteiger partial charge in [0.15, 0.2) is 0 Å². The third-order valence-electron chi connectivity index (χ3n) is 8.04.